The predicted molar refractivity (Wildman–Crippen MR) is 142 cm³/mol. The zero-order chi connectivity index (χ0) is 26.1. The minimum Gasteiger partial charge on any atom is -0.465 e. The van der Waals surface area contributed by atoms with Crippen LogP contribution in [0.4, 0.5) is 10.5 Å². The second-order valence-electron chi connectivity index (χ2n) is 10.7. The summed E-state index contributed by atoms with van der Waals surface area (Å²) in [5, 5.41) is 19.7. The van der Waals surface area contributed by atoms with Crippen LogP contribution in [0.2, 0.25) is 0 Å². The summed E-state index contributed by atoms with van der Waals surface area (Å²) in [6.45, 7) is 7.07. The predicted octanol–water partition coefficient (Wildman–Crippen LogP) is 2.56. The van der Waals surface area contributed by atoms with E-state index in [-0.39, 0.29) is 23.2 Å². The van der Waals surface area contributed by atoms with E-state index in [0.29, 0.717) is 32.7 Å². The number of benzene rings is 1. The summed E-state index contributed by atoms with van der Waals surface area (Å²) in [5.74, 6) is 0. The number of rotatable bonds is 5. The van der Waals surface area contributed by atoms with Crippen molar-refractivity contribution < 1.29 is 9.90 Å². The summed E-state index contributed by atoms with van der Waals surface area (Å²) < 4.78 is 1.89. The number of likely N-dealkylation sites (N-methyl/N-ethyl adjacent to an activating group) is 1. The molecule has 2 atom stereocenters. The Labute approximate surface area is 218 Å². The quantitative estimate of drug-likeness (QED) is 0.669. The van der Waals surface area contributed by atoms with E-state index in [1.54, 1.807) is 0 Å². The number of nitrogens with zero attached hydrogens (tertiary/aromatic N) is 6. The highest BCUT2D eigenvalue weighted by Gasteiger charge is 2.35. The molecule has 4 heterocycles. The molecule has 5 rings (SSSR count). The number of fused-ring (bicyclic) bond motifs is 1. The number of piperazine rings is 1. The van der Waals surface area contributed by atoms with E-state index >= 15 is 0 Å². The molecule has 1 amide bonds. The highest BCUT2D eigenvalue weighted by atomic mass is 16.4. The van der Waals surface area contributed by atoms with Gasteiger partial charge in [0, 0.05) is 63.6 Å². The third-order valence-corrected chi connectivity index (χ3v) is 8.32. The second-order valence-corrected chi connectivity index (χ2v) is 10.7. The molecule has 1 aromatic carbocycles. The Morgan fingerprint density at radius 1 is 1.16 bits per heavy atom. The SMILES string of the molecule is CC1CN(C(=O)O)CCN1c1c2c(n(CC3CCCN3C)c(=O)c1C#N)CN(Cc1ccccc1)CC2. The maximum absolute atomic E-state index is 13.9. The van der Waals surface area contributed by atoms with Gasteiger partial charge in [-0.1, -0.05) is 30.3 Å². The Morgan fingerprint density at radius 3 is 2.59 bits per heavy atom. The third kappa shape index (κ3) is 4.96. The summed E-state index contributed by atoms with van der Waals surface area (Å²) in [6.07, 6.45) is 1.98. The maximum atomic E-state index is 13.9. The largest absolute Gasteiger partial charge is 0.465 e. The lowest BCUT2D eigenvalue weighted by Crippen LogP contribution is -2.54. The molecule has 9 heteroatoms. The Kier molecular flexibility index (Phi) is 7.22. The Bertz CT molecular complexity index is 1250. The van der Waals surface area contributed by atoms with Crippen LogP contribution in [0.1, 0.15) is 42.1 Å². The summed E-state index contributed by atoms with van der Waals surface area (Å²) in [4.78, 5) is 33.7. The molecule has 0 aliphatic carbocycles. The second kappa shape index (κ2) is 10.6. The van der Waals surface area contributed by atoms with Gasteiger partial charge >= 0.3 is 6.09 Å². The van der Waals surface area contributed by atoms with Gasteiger partial charge in [0.05, 0.1) is 5.69 Å². The van der Waals surface area contributed by atoms with Crippen molar-refractivity contribution in [3.63, 3.8) is 0 Å². The van der Waals surface area contributed by atoms with Crippen LogP contribution in [-0.2, 0) is 26.1 Å². The van der Waals surface area contributed by atoms with Crippen LogP contribution in [0.25, 0.3) is 0 Å². The number of hydrogen-bond acceptors (Lipinski definition) is 6. The number of carbonyl (C=O) groups is 1. The van der Waals surface area contributed by atoms with E-state index in [1.165, 1.54) is 10.5 Å². The zero-order valence-corrected chi connectivity index (χ0v) is 21.8. The van der Waals surface area contributed by atoms with Gasteiger partial charge in [0.2, 0.25) is 0 Å². The van der Waals surface area contributed by atoms with Gasteiger partial charge in [0.15, 0.2) is 0 Å². The van der Waals surface area contributed by atoms with Crippen LogP contribution < -0.4 is 10.5 Å². The molecule has 2 saturated heterocycles. The Balaban J connectivity index is 1.57. The van der Waals surface area contributed by atoms with Crippen LogP contribution in [0.3, 0.4) is 0 Å². The van der Waals surface area contributed by atoms with Crippen LogP contribution >= 0.6 is 0 Å². The van der Waals surface area contributed by atoms with Gasteiger partial charge in [-0.05, 0) is 50.9 Å². The number of carboxylic acid groups (broad SMARTS) is 1. The first kappa shape index (κ1) is 25.3. The number of likely N-dealkylation sites (tertiary alicyclic amines) is 1. The molecule has 3 aliphatic heterocycles. The van der Waals surface area contributed by atoms with Crippen molar-refractivity contribution in [3.05, 3.63) is 63.1 Å². The molecule has 0 saturated carbocycles. The first-order valence-corrected chi connectivity index (χ1v) is 13.3. The van der Waals surface area contributed by atoms with E-state index in [0.717, 1.165) is 55.8 Å². The maximum Gasteiger partial charge on any atom is 0.407 e. The molecule has 0 radical (unpaired) electrons. The molecule has 9 nitrogen and oxygen atoms in total. The van der Waals surface area contributed by atoms with Crippen molar-refractivity contribution >= 4 is 11.8 Å². The van der Waals surface area contributed by atoms with Crippen molar-refractivity contribution in [1.29, 1.82) is 5.26 Å². The summed E-state index contributed by atoms with van der Waals surface area (Å²) in [6, 6.07) is 12.8. The topological polar surface area (TPSA) is 96.0 Å². The lowest BCUT2D eigenvalue weighted by Gasteiger charge is -2.43. The average molecular weight is 505 g/mol. The molecule has 1 N–H and O–H groups in total. The van der Waals surface area contributed by atoms with Gasteiger partial charge in [-0.2, -0.15) is 5.26 Å². The number of amides is 1. The van der Waals surface area contributed by atoms with E-state index in [1.807, 2.05) is 17.6 Å². The fraction of sp³-hybridized carbons (Fsp3) is 0.536. The fourth-order valence-corrected chi connectivity index (χ4v) is 6.29. The van der Waals surface area contributed by atoms with Crippen molar-refractivity contribution in [2.45, 2.75) is 57.9 Å². The molecule has 2 unspecified atom stereocenters. The fourth-order valence-electron chi connectivity index (χ4n) is 6.29. The number of aromatic nitrogens is 1. The van der Waals surface area contributed by atoms with Crippen LogP contribution in [0, 0.1) is 11.3 Å². The Morgan fingerprint density at radius 2 is 1.95 bits per heavy atom. The monoisotopic (exact) mass is 504 g/mol. The molecular formula is C28H36N6O3. The number of pyridine rings is 1. The van der Waals surface area contributed by atoms with E-state index in [2.05, 4.69) is 52.1 Å². The van der Waals surface area contributed by atoms with Crippen LogP contribution in [-0.4, -0.2) is 82.3 Å². The van der Waals surface area contributed by atoms with Crippen molar-refractivity contribution in [2.75, 3.05) is 44.7 Å². The smallest absolute Gasteiger partial charge is 0.407 e. The van der Waals surface area contributed by atoms with Crippen LogP contribution in [0.15, 0.2) is 35.1 Å². The molecule has 1 aromatic heterocycles. The van der Waals surface area contributed by atoms with Crippen molar-refractivity contribution in [1.82, 2.24) is 19.3 Å². The summed E-state index contributed by atoms with van der Waals surface area (Å²) >= 11 is 0. The average Bonchev–Trinajstić information content (AvgIpc) is 3.30. The molecule has 37 heavy (non-hydrogen) atoms. The minimum atomic E-state index is -0.929. The van der Waals surface area contributed by atoms with Crippen molar-refractivity contribution in [3.8, 4) is 6.07 Å². The molecule has 2 fully saturated rings. The van der Waals surface area contributed by atoms with Gasteiger partial charge in [0.25, 0.3) is 5.56 Å². The zero-order valence-electron chi connectivity index (χ0n) is 21.8. The van der Waals surface area contributed by atoms with Crippen molar-refractivity contribution in [2.24, 2.45) is 0 Å². The van der Waals surface area contributed by atoms with Gasteiger partial charge in [-0.15, -0.1) is 0 Å². The standard InChI is InChI=1S/C28H36N6O3/c1-20-16-32(28(36)37)13-14-33(20)26-23-10-12-31(17-21-7-4-3-5-8-21)19-25(23)34(27(35)24(26)15-29)18-22-9-6-11-30(22)2/h3-5,7-8,20,22H,6,9-14,16-19H2,1-2H3,(H,36,37). The van der Waals surface area contributed by atoms with Crippen LogP contribution in [0.5, 0.6) is 0 Å². The lowest BCUT2D eigenvalue weighted by molar-refractivity contribution is 0.136. The highest BCUT2D eigenvalue weighted by molar-refractivity contribution is 5.69. The number of hydrogen-bond donors (Lipinski definition) is 1. The highest BCUT2D eigenvalue weighted by Crippen LogP contribution is 2.34. The molecule has 196 valence electrons. The summed E-state index contributed by atoms with van der Waals surface area (Å²) in [7, 11) is 2.11. The third-order valence-electron chi connectivity index (χ3n) is 8.32. The first-order chi connectivity index (χ1) is 17.9. The molecule has 0 spiro atoms. The lowest BCUT2D eigenvalue weighted by atomic mass is 9.96. The first-order valence-electron chi connectivity index (χ1n) is 13.3. The van der Waals surface area contributed by atoms with E-state index in [4.69, 9.17) is 0 Å². The van der Waals surface area contributed by atoms with Gasteiger partial charge < -0.3 is 24.4 Å². The molecule has 2 aromatic rings. The normalized spacial score (nSPS) is 22.6. The Hall–Kier alpha value is -3.35. The van der Waals surface area contributed by atoms with E-state index < -0.39 is 6.09 Å². The molecule has 3 aliphatic rings. The number of nitriles is 1. The molecule has 0 bridgehead atoms. The molecular weight excluding hydrogens is 468 g/mol. The minimum absolute atomic E-state index is 0.125. The van der Waals surface area contributed by atoms with E-state index in [9.17, 15) is 20.0 Å². The van der Waals surface area contributed by atoms with Gasteiger partial charge in [-0.3, -0.25) is 9.69 Å². The summed E-state index contributed by atoms with van der Waals surface area (Å²) in [5.41, 5.74) is 4.04. The van der Waals surface area contributed by atoms with Gasteiger partial charge in [0.1, 0.15) is 11.6 Å². The van der Waals surface area contributed by atoms with Gasteiger partial charge in [-0.25, -0.2) is 4.79 Å². The number of anilines is 1.